The zero-order valence-electron chi connectivity index (χ0n) is 10.9. The van der Waals surface area contributed by atoms with Gasteiger partial charge in [-0.3, -0.25) is 0 Å². The van der Waals surface area contributed by atoms with Crippen molar-refractivity contribution in [1.82, 2.24) is 14.5 Å². The maximum atomic E-state index is 11.2. The summed E-state index contributed by atoms with van der Waals surface area (Å²) >= 11 is 0. The fourth-order valence-electron chi connectivity index (χ4n) is 2.28. The molecule has 0 atom stereocenters. The zero-order chi connectivity index (χ0) is 14.8. The Hall–Kier alpha value is -3.20. The number of aromatic carboxylic acids is 1. The minimum absolute atomic E-state index is 0.0794. The summed E-state index contributed by atoms with van der Waals surface area (Å²) in [6.45, 7) is 0.308. The molecule has 0 amide bonds. The van der Waals surface area contributed by atoms with Crippen LogP contribution in [-0.2, 0) is 6.54 Å². The lowest BCUT2D eigenvalue weighted by Gasteiger charge is -2.07. The van der Waals surface area contributed by atoms with Crippen LogP contribution in [0.4, 0.5) is 0 Å². The average Bonchev–Trinajstić information content (AvgIpc) is 2.91. The lowest BCUT2D eigenvalue weighted by molar-refractivity contribution is 0.0694. The Labute approximate surface area is 119 Å². The first-order valence-electron chi connectivity index (χ1n) is 6.21. The van der Waals surface area contributed by atoms with Crippen molar-refractivity contribution in [3.8, 4) is 6.07 Å². The van der Waals surface area contributed by atoms with E-state index in [4.69, 9.17) is 10.4 Å². The van der Waals surface area contributed by atoms with E-state index in [9.17, 15) is 4.79 Å². The van der Waals surface area contributed by atoms with E-state index in [1.165, 1.54) is 12.5 Å². The van der Waals surface area contributed by atoms with E-state index in [-0.39, 0.29) is 5.56 Å². The van der Waals surface area contributed by atoms with Gasteiger partial charge in [0.05, 0.1) is 23.9 Å². The van der Waals surface area contributed by atoms with Gasteiger partial charge in [-0.2, -0.15) is 5.26 Å². The van der Waals surface area contributed by atoms with Gasteiger partial charge < -0.3 is 9.67 Å². The summed E-state index contributed by atoms with van der Waals surface area (Å²) in [5.41, 5.74) is 1.96. The summed E-state index contributed by atoms with van der Waals surface area (Å²) in [7, 11) is 0. The minimum Gasteiger partial charge on any atom is -0.478 e. The van der Waals surface area contributed by atoms with Crippen molar-refractivity contribution in [2.45, 2.75) is 6.54 Å². The number of hydrogen-bond donors (Lipinski definition) is 1. The van der Waals surface area contributed by atoms with Crippen LogP contribution in [0.25, 0.3) is 10.9 Å². The first kappa shape index (κ1) is 12.8. The molecule has 6 nitrogen and oxygen atoms in total. The monoisotopic (exact) mass is 278 g/mol. The summed E-state index contributed by atoms with van der Waals surface area (Å²) < 4.78 is 1.87. The van der Waals surface area contributed by atoms with E-state index >= 15 is 0 Å². The second-order valence-corrected chi connectivity index (χ2v) is 4.48. The van der Waals surface area contributed by atoms with E-state index in [1.807, 2.05) is 22.9 Å². The number of nitriles is 1. The van der Waals surface area contributed by atoms with Crippen LogP contribution >= 0.6 is 0 Å². The average molecular weight is 278 g/mol. The number of hydrogen-bond acceptors (Lipinski definition) is 4. The second-order valence-electron chi connectivity index (χ2n) is 4.48. The van der Waals surface area contributed by atoms with Crippen molar-refractivity contribution in [2.75, 3.05) is 0 Å². The molecule has 6 heteroatoms. The maximum absolute atomic E-state index is 11.2. The van der Waals surface area contributed by atoms with Gasteiger partial charge in [-0.15, -0.1) is 0 Å². The molecular weight excluding hydrogens is 268 g/mol. The number of carboxylic acid groups (broad SMARTS) is 1. The summed E-state index contributed by atoms with van der Waals surface area (Å²) in [5.74, 6) is -1.06. The van der Waals surface area contributed by atoms with Crippen molar-refractivity contribution in [1.29, 1.82) is 5.26 Å². The largest absolute Gasteiger partial charge is 0.478 e. The highest BCUT2D eigenvalue weighted by Crippen LogP contribution is 2.21. The third-order valence-corrected chi connectivity index (χ3v) is 3.28. The molecule has 2 heterocycles. The summed E-state index contributed by atoms with van der Waals surface area (Å²) in [6.07, 6.45) is 4.44. The Kier molecular flexibility index (Phi) is 3.09. The van der Waals surface area contributed by atoms with Crippen molar-refractivity contribution < 1.29 is 9.90 Å². The number of fused-ring (bicyclic) bond motifs is 1. The van der Waals surface area contributed by atoms with Crippen LogP contribution in [0.3, 0.4) is 0 Å². The van der Waals surface area contributed by atoms with E-state index in [0.29, 0.717) is 17.8 Å². The number of rotatable bonds is 3. The Morgan fingerprint density at radius 3 is 3.00 bits per heavy atom. The summed E-state index contributed by atoms with van der Waals surface area (Å²) in [5, 5.41) is 19.1. The molecule has 0 spiro atoms. The Bertz CT molecular complexity index is 877. The number of carboxylic acids is 1. The second kappa shape index (κ2) is 5.06. The third-order valence-electron chi connectivity index (χ3n) is 3.28. The molecule has 0 aliphatic carbocycles. The Balaban J connectivity index is 2.08. The molecule has 3 rings (SSSR count). The normalized spacial score (nSPS) is 10.4. The van der Waals surface area contributed by atoms with E-state index in [1.54, 1.807) is 12.1 Å². The lowest BCUT2D eigenvalue weighted by Crippen LogP contribution is -2.09. The number of benzene rings is 1. The van der Waals surface area contributed by atoms with Crippen LogP contribution in [0.5, 0.6) is 0 Å². The molecule has 1 N–H and O–H groups in total. The first-order chi connectivity index (χ1) is 10.2. The molecule has 0 aliphatic heterocycles. The van der Waals surface area contributed by atoms with Gasteiger partial charge in [0.2, 0.25) is 0 Å². The molecule has 0 fully saturated rings. The minimum atomic E-state index is -1.06. The van der Waals surface area contributed by atoms with Gasteiger partial charge in [0.1, 0.15) is 11.9 Å². The molecule has 3 aromatic rings. The number of aromatic nitrogens is 3. The van der Waals surface area contributed by atoms with Gasteiger partial charge in [0.25, 0.3) is 0 Å². The molecule has 1 aromatic carbocycles. The van der Waals surface area contributed by atoms with Crippen LogP contribution in [0, 0.1) is 11.3 Å². The van der Waals surface area contributed by atoms with Crippen molar-refractivity contribution in [3.63, 3.8) is 0 Å². The van der Waals surface area contributed by atoms with Crippen molar-refractivity contribution >= 4 is 16.9 Å². The fraction of sp³-hybridized carbons (Fsp3) is 0.0667. The molecule has 0 radical (unpaired) electrons. The Morgan fingerprint density at radius 2 is 2.24 bits per heavy atom. The summed E-state index contributed by atoms with van der Waals surface area (Å²) in [4.78, 5) is 19.0. The van der Waals surface area contributed by atoms with Gasteiger partial charge in [-0.05, 0) is 18.2 Å². The van der Waals surface area contributed by atoms with Gasteiger partial charge in [-0.1, -0.05) is 6.07 Å². The topological polar surface area (TPSA) is 91.8 Å². The van der Waals surface area contributed by atoms with E-state index < -0.39 is 5.97 Å². The smallest absolute Gasteiger partial charge is 0.339 e. The van der Waals surface area contributed by atoms with Crippen molar-refractivity contribution in [2.24, 2.45) is 0 Å². The van der Waals surface area contributed by atoms with Crippen LogP contribution in [0.1, 0.15) is 21.6 Å². The van der Waals surface area contributed by atoms with E-state index in [0.717, 1.165) is 10.9 Å². The quantitative estimate of drug-likeness (QED) is 0.791. The third kappa shape index (κ3) is 2.21. The molecule has 2 aromatic heterocycles. The zero-order valence-corrected chi connectivity index (χ0v) is 10.9. The van der Waals surface area contributed by atoms with Gasteiger partial charge >= 0.3 is 5.97 Å². The predicted octanol–water partition coefficient (Wildman–Crippen LogP) is 2.05. The Morgan fingerprint density at radius 1 is 1.38 bits per heavy atom. The highest BCUT2D eigenvalue weighted by atomic mass is 16.4. The van der Waals surface area contributed by atoms with Crippen LogP contribution in [0.15, 0.2) is 43.0 Å². The molecule has 0 saturated carbocycles. The van der Waals surface area contributed by atoms with Gasteiger partial charge in [0, 0.05) is 23.3 Å². The number of nitrogens with zero attached hydrogens (tertiary/aromatic N) is 4. The highest BCUT2D eigenvalue weighted by Gasteiger charge is 2.13. The summed E-state index contributed by atoms with van der Waals surface area (Å²) in [6, 6.07) is 9.42. The standard InChI is InChI=1S/C15H10N4O2/c16-6-10-2-1-3-14-11(10)4-5-19(14)8-13-12(15(20)21)7-17-9-18-13/h1-5,7,9H,8H2,(H,20,21). The van der Waals surface area contributed by atoms with Crippen molar-refractivity contribution in [3.05, 3.63) is 59.8 Å². The molecule has 0 saturated heterocycles. The highest BCUT2D eigenvalue weighted by molar-refractivity contribution is 5.89. The SMILES string of the molecule is N#Cc1cccc2c1ccn2Cc1ncncc1C(=O)O. The maximum Gasteiger partial charge on any atom is 0.339 e. The number of carbonyl (C=O) groups is 1. The van der Waals surface area contributed by atoms with Crippen LogP contribution in [0.2, 0.25) is 0 Å². The first-order valence-corrected chi connectivity index (χ1v) is 6.21. The van der Waals surface area contributed by atoms with Crippen LogP contribution < -0.4 is 0 Å². The van der Waals surface area contributed by atoms with Crippen LogP contribution in [-0.4, -0.2) is 25.6 Å². The lowest BCUT2D eigenvalue weighted by atomic mass is 10.1. The van der Waals surface area contributed by atoms with E-state index in [2.05, 4.69) is 16.0 Å². The van der Waals surface area contributed by atoms with Gasteiger partial charge in [0.15, 0.2) is 0 Å². The molecule has 102 valence electrons. The molecule has 0 unspecified atom stereocenters. The molecular formula is C15H10N4O2. The molecule has 0 aliphatic rings. The molecule has 21 heavy (non-hydrogen) atoms. The fourth-order valence-corrected chi connectivity index (χ4v) is 2.28. The van der Waals surface area contributed by atoms with Gasteiger partial charge in [-0.25, -0.2) is 14.8 Å². The predicted molar refractivity (Wildman–Crippen MR) is 74.7 cm³/mol. The molecule has 0 bridgehead atoms.